The molecule has 0 fully saturated rings. The van der Waals surface area contributed by atoms with Crippen LogP contribution in [0.2, 0.25) is 0 Å². The van der Waals surface area contributed by atoms with Crippen LogP contribution in [0, 0.1) is 0 Å². The molecule has 0 bridgehead atoms. The highest BCUT2D eigenvalue weighted by Crippen LogP contribution is 2.25. The molecule has 1 aromatic carbocycles. The van der Waals surface area contributed by atoms with E-state index in [-0.39, 0.29) is 30.8 Å². The Morgan fingerprint density at radius 3 is 1.96 bits per heavy atom. The van der Waals surface area contributed by atoms with Gasteiger partial charge in [-0.1, -0.05) is 19.1 Å². The normalized spacial score (nSPS) is 11.4. The third kappa shape index (κ3) is 6.44. The largest absolute Gasteiger partial charge is 0.478 e. The maximum atomic E-state index is 12.5. The van der Waals surface area contributed by atoms with E-state index in [0.717, 1.165) is 18.8 Å². The van der Waals surface area contributed by atoms with Crippen molar-refractivity contribution >= 4 is 29.2 Å². The van der Waals surface area contributed by atoms with Gasteiger partial charge in [0.15, 0.2) is 0 Å². The second-order valence-electron chi connectivity index (χ2n) is 5.71. The fraction of sp³-hybridized carbons (Fsp3) is 0.450. The van der Waals surface area contributed by atoms with Crippen molar-refractivity contribution in [3.8, 4) is 0 Å². The lowest BCUT2D eigenvalue weighted by Gasteiger charge is -2.21. The van der Waals surface area contributed by atoms with Gasteiger partial charge in [0.1, 0.15) is 13.2 Å². The lowest BCUT2D eigenvalue weighted by Crippen LogP contribution is -2.21. The zero-order valence-corrected chi connectivity index (χ0v) is 16.3. The summed E-state index contributed by atoms with van der Waals surface area (Å²) in [4.78, 5) is 37.0. The van der Waals surface area contributed by atoms with Crippen LogP contribution in [0.15, 0.2) is 29.8 Å². The van der Waals surface area contributed by atoms with Gasteiger partial charge < -0.3 is 19.5 Å². The summed E-state index contributed by atoms with van der Waals surface area (Å²) < 4.78 is 9.84. The molecule has 1 aromatic rings. The summed E-state index contributed by atoms with van der Waals surface area (Å²) in [7, 11) is 0. The van der Waals surface area contributed by atoms with E-state index in [9.17, 15) is 19.5 Å². The summed E-state index contributed by atoms with van der Waals surface area (Å²) in [6.45, 7) is 8.47. The van der Waals surface area contributed by atoms with E-state index in [1.54, 1.807) is 19.1 Å². The highest BCUT2D eigenvalue weighted by molar-refractivity contribution is 6.22. The summed E-state index contributed by atoms with van der Waals surface area (Å²) in [5.41, 5.74) is 1.45. The van der Waals surface area contributed by atoms with Crippen LogP contribution in [-0.2, 0) is 23.9 Å². The predicted molar refractivity (Wildman–Crippen MR) is 102 cm³/mol. The first-order chi connectivity index (χ1) is 12.8. The molecule has 0 aromatic heterocycles. The van der Waals surface area contributed by atoms with Crippen molar-refractivity contribution in [2.24, 2.45) is 0 Å². The van der Waals surface area contributed by atoms with Gasteiger partial charge in [0.25, 0.3) is 0 Å². The summed E-state index contributed by atoms with van der Waals surface area (Å²) >= 11 is 0. The third-order valence-corrected chi connectivity index (χ3v) is 4.02. The van der Waals surface area contributed by atoms with Crippen LogP contribution < -0.4 is 4.90 Å². The minimum atomic E-state index is -1.17. The van der Waals surface area contributed by atoms with Crippen LogP contribution in [0.25, 0.3) is 5.57 Å². The fourth-order valence-electron chi connectivity index (χ4n) is 2.67. The number of carboxylic acid groups (broad SMARTS) is 1. The first-order valence-electron chi connectivity index (χ1n) is 8.97. The molecule has 0 aliphatic heterocycles. The molecule has 0 aliphatic carbocycles. The van der Waals surface area contributed by atoms with Crippen LogP contribution in [0.4, 0.5) is 5.69 Å². The molecule has 0 saturated heterocycles. The van der Waals surface area contributed by atoms with Crippen LogP contribution >= 0.6 is 0 Å². The van der Waals surface area contributed by atoms with Gasteiger partial charge in [0, 0.05) is 25.7 Å². The number of ether oxygens (including phenoxy) is 2. The second-order valence-corrected chi connectivity index (χ2v) is 5.71. The van der Waals surface area contributed by atoms with Crippen molar-refractivity contribution in [1.82, 2.24) is 0 Å². The molecule has 7 heteroatoms. The van der Waals surface area contributed by atoms with Gasteiger partial charge in [0.05, 0.1) is 11.1 Å². The minimum Gasteiger partial charge on any atom is -0.478 e. The molecule has 0 aliphatic rings. The average molecular weight is 377 g/mol. The van der Waals surface area contributed by atoms with Crippen molar-refractivity contribution in [1.29, 1.82) is 0 Å². The fourth-order valence-corrected chi connectivity index (χ4v) is 2.67. The van der Waals surface area contributed by atoms with Crippen molar-refractivity contribution in [3.05, 3.63) is 35.4 Å². The molecule has 0 saturated carbocycles. The molecule has 1 rings (SSSR count). The molecule has 27 heavy (non-hydrogen) atoms. The Kier molecular flexibility index (Phi) is 9.05. The number of hydrogen-bond acceptors (Lipinski definition) is 6. The molecule has 0 amide bonds. The summed E-state index contributed by atoms with van der Waals surface area (Å²) in [5.74, 6) is -2.40. The number of benzene rings is 1. The lowest BCUT2D eigenvalue weighted by atomic mass is 9.97. The quantitative estimate of drug-likeness (QED) is 0.381. The van der Waals surface area contributed by atoms with E-state index >= 15 is 0 Å². The van der Waals surface area contributed by atoms with Crippen LogP contribution in [0.1, 0.15) is 39.7 Å². The highest BCUT2D eigenvalue weighted by atomic mass is 16.6. The SMILES string of the molecule is CCC(C(=O)O)=C(C(=O)OCCOC(C)=O)c1ccc(N(CC)CC)cc1. The number of rotatable bonds is 10. The number of aliphatic carboxylic acids is 1. The number of esters is 2. The number of carboxylic acids is 1. The second kappa shape index (κ2) is 11.0. The monoisotopic (exact) mass is 377 g/mol. The van der Waals surface area contributed by atoms with Crippen molar-refractivity contribution in [2.45, 2.75) is 34.1 Å². The Balaban J connectivity index is 3.14. The molecule has 148 valence electrons. The topological polar surface area (TPSA) is 93.1 Å². The summed E-state index contributed by atoms with van der Waals surface area (Å²) in [6, 6.07) is 7.14. The molecular weight excluding hydrogens is 350 g/mol. The van der Waals surface area contributed by atoms with Crippen molar-refractivity contribution < 1.29 is 29.0 Å². The molecule has 0 spiro atoms. The zero-order chi connectivity index (χ0) is 20.4. The maximum Gasteiger partial charge on any atom is 0.339 e. The standard InChI is InChI=1S/C20H27NO6/c1-5-17(19(23)24)18(20(25)27-13-12-26-14(4)22)15-8-10-16(11-9-15)21(6-2)7-3/h8-11H,5-7,12-13H2,1-4H3,(H,23,24). The average Bonchev–Trinajstić information content (AvgIpc) is 2.64. The Hall–Kier alpha value is -2.83. The van der Waals surface area contributed by atoms with Crippen LogP contribution in [0.5, 0.6) is 0 Å². The van der Waals surface area contributed by atoms with E-state index < -0.39 is 17.9 Å². The molecule has 0 unspecified atom stereocenters. The highest BCUT2D eigenvalue weighted by Gasteiger charge is 2.22. The Morgan fingerprint density at radius 1 is 0.963 bits per heavy atom. The van der Waals surface area contributed by atoms with Gasteiger partial charge in [-0.05, 0) is 38.0 Å². The predicted octanol–water partition coefficient (Wildman–Crippen LogP) is 2.89. The van der Waals surface area contributed by atoms with E-state index in [1.165, 1.54) is 6.92 Å². The number of nitrogens with zero attached hydrogens (tertiary/aromatic N) is 1. The summed E-state index contributed by atoms with van der Waals surface area (Å²) in [6.07, 6.45) is 0.168. The van der Waals surface area contributed by atoms with Crippen molar-refractivity contribution in [3.63, 3.8) is 0 Å². The molecule has 0 radical (unpaired) electrons. The zero-order valence-electron chi connectivity index (χ0n) is 16.3. The minimum absolute atomic E-state index is 0.0129. The first-order valence-corrected chi connectivity index (χ1v) is 8.97. The first kappa shape index (κ1) is 22.2. The Labute approximate surface area is 159 Å². The van der Waals surface area contributed by atoms with Gasteiger partial charge >= 0.3 is 17.9 Å². The Bertz CT molecular complexity index is 689. The molecule has 0 atom stereocenters. The molecule has 1 N–H and O–H groups in total. The Morgan fingerprint density at radius 2 is 1.52 bits per heavy atom. The van der Waals surface area contributed by atoms with Crippen LogP contribution in [0.3, 0.4) is 0 Å². The molecule has 7 nitrogen and oxygen atoms in total. The number of hydrogen-bond donors (Lipinski definition) is 1. The number of carbonyl (C=O) groups excluding carboxylic acids is 2. The third-order valence-electron chi connectivity index (χ3n) is 4.02. The number of anilines is 1. The smallest absolute Gasteiger partial charge is 0.339 e. The number of carbonyl (C=O) groups is 3. The van der Waals surface area contributed by atoms with E-state index in [2.05, 4.69) is 4.90 Å². The van der Waals surface area contributed by atoms with E-state index in [4.69, 9.17) is 9.47 Å². The van der Waals surface area contributed by atoms with Gasteiger partial charge in [-0.3, -0.25) is 4.79 Å². The van der Waals surface area contributed by atoms with Gasteiger partial charge in [-0.2, -0.15) is 0 Å². The molecular formula is C20H27NO6. The maximum absolute atomic E-state index is 12.5. The van der Waals surface area contributed by atoms with Crippen molar-refractivity contribution in [2.75, 3.05) is 31.2 Å². The summed E-state index contributed by atoms with van der Waals surface area (Å²) in [5, 5.41) is 9.47. The van der Waals surface area contributed by atoms with E-state index in [1.807, 2.05) is 26.0 Å². The van der Waals surface area contributed by atoms with Crippen LogP contribution in [-0.4, -0.2) is 49.3 Å². The molecule has 0 heterocycles. The lowest BCUT2D eigenvalue weighted by molar-refractivity contribution is -0.147. The van der Waals surface area contributed by atoms with E-state index in [0.29, 0.717) is 5.56 Å². The van der Waals surface area contributed by atoms with Gasteiger partial charge in [-0.15, -0.1) is 0 Å². The van der Waals surface area contributed by atoms with Gasteiger partial charge in [-0.25, -0.2) is 9.59 Å². The van der Waals surface area contributed by atoms with Gasteiger partial charge in [0.2, 0.25) is 0 Å².